The van der Waals surface area contributed by atoms with Gasteiger partial charge in [0.15, 0.2) is 0 Å². The molecule has 126 valence electrons. The SMILES string of the molecule is C=C(OCCCC)c1ccc(NC(=O)OCc2ccccc2)nc1. The summed E-state index contributed by atoms with van der Waals surface area (Å²) in [5, 5.41) is 2.59. The van der Waals surface area contributed by atoms with Gasteiger partial charge in [-0.15, -0.1) is 0 Å². The number of aromatic nitrogens is 1. The van der Waals surface area contributed by atoms with Gasteiger partial charge in [0.05, 0.1) is 6.61 Å². The van der Waals surface area contributed by atoms with Crippen LogP contribution in [0.5, 0.6) is 0 Å². The number of amides is 1. The summed E-state index contributed by atoms with van der Waals surface area (Å²) in [6.07, 6.45) is 3.12. The van der Waals surface area contributed by atoms with E-state index < -0.39 is 6.09 Å². The molecule has 0 spiro atoms. The lowest BCUT2D eigenvalue weighted by Crippen LogP contribution is -2.14. The van der Waals surface area contributed by atoms with Gasteiger partial charge in [-0.05, 0) is 24.1 Å². The average molecular weight is 326 g/mol. The van der Waals surface area contributed by atoms with Crippen molar-refractivity contribution in [2.45, 2.75) is 26.4 Å². The van der Waals surface area contributed by atoms with Crippen molar-refractivity contribution in [3.8, 4) is 0 Å². The molecule has 0 atom stereocenters. The van der Waals surface area contributed by atoms with Crippen molar-refractivity contribution in [1.29, 1.82) is 0 Å². The van der Waals surface area contributed by atoms with Crippen LogP contribution in [0.3, 0.4) is 0 Å². The molecule has 0 fully saturated rings. The molecule has 2 aromatic rings. The normalized spacial score (nSPS) is 10.0. The number of hydrogen-bond donors (Lipinski definition) is 1. The molecule has 5 nitrogen and oxygen atoms in total. The fourth-order valence-corrected chi connectivity index (χ4v) is 1.92. The van der Waals surface area contributed by atoms with Crippen LogP contribution in [0.25, 0.3) is 5.76 Å². The number of carbonyl (C=O) groups is 1. The van der Waals surface area contributed by atoms with E-state index in [2.05, 4.69) is 23.8 Å². The summed E-state index contributed by atoms with van der Waals surface area (Å²) in [4.78, 5) is 15.9. The first kappa shape index (κ1) is 17.5. The minimum atomic E-state index is -0.544. The predicted molar refractivity (Wildman–Crippen MR) is 94.4 cm³/mol. The maximum atomic E-state index is 11.8. The number of pyridine rings is 1. The molecular formula is C19H22N2O3. The summed E-state index contributed by atoms with van der Waals surface area (Å²) in [6.45, 7) is 6.83. The van der Waals surface area contributed by atoms with E-state index in [4.69, 9.17) is 9.47 Å². The van der Waals surface area contributed by atoms with Gasteiger partial charge in [0.1, 0.15) is 18.2 Å². The zero-order chi connectivity index (χ0) is 17.2. The maximum Gasteiger partial charge on any atom is 0.413 e. The smallest absolute Gasteiger partial charge is 0.413 e. The third-order valence-electron chi connectivity index (χ3n) is 3.30. The van der Waals surface area contributed by atoms with Gasteiger partial charge in [0.25, 0.3) is 0 Å². The maximum absolute atomic E-state index is 11.8. The highest BCUT2D eigenvalue weighted by Crippen LogP contribution is 2.15. The van der Waals surface area contributed by atoms with Gasteiger partial charge in [-0.2, -0.15) is 0 Å². The first-order chi connectivity index (χ1) is 11.7. The third kappa shape index (κ3) is 5.76. The Morgan fingerprint density at radius 1 is 1.17 bits per heavy atom. The zero-order valence-corrected chi connectivity index (χ0v) is 13.8. The highest BCUT2D eigenvalue weighted by Gasteiger charge is 2.06. The van der Waals surface area contributed by atoms with Gasteiger partial charge in [-0.3, -0.25) is 5.32 Å². The van der Waals surface area contributed by atoms with Crippen molar-refractivity contribution in [2.75, 3.05) is 11.9 Å². The molecule has 0 saturated heterocycles. The van der Waals surface area contributed by atoms with Gasteiger partial charge >= 0.3 is 6.09 Å². The first-order valence-corrected chi connectivity index (χ1v) is 7.95. The molecule has 0 aliphatic carbocycles. The number of nitrogens with zero attached hydrogens (tertiary/aromatic N) is 1. The van der Waals surface area contributed by atoms with Crippen molar-refractivity contribution in [3.63, 3.8) is 0 Å². The van der Waals surface area contributed by atoms with Gasteiger partial charge in [0.2, 0.25) is 0 Å². The molecule has 5 heteroatoms. The van der Waals surface area contributed by atoms with E-state index in [-0.39, 0.29) is 6.61 Å². The van der Waals surface area contributed by atoms with E-state index in [1.165, 1.54) is 0 Å². The molecule has 0 unspecified atom stereocenters. The van der Waals surface area contributed by atoms with Crippen molar-refractivity contribution in [1.82, 2.24) is 4.98 Å². The number of nitrogens with one attached hydrogen (secondary N) is 1. The number of hydrogen-bond acceptors (Lipinski definition) is 4. The second kappa shape index (κ2) is 9.35. The van der Waals surface area contributed by atoms with E-state index in [1.807, 2.05) is 30.3 Å². The van der Waals surface area contributed by atoms with Crippen LogP contribution in [0.2, 0.25) is 0 Å². The molecule has 1 N–H and O–H groups in total. The standard InChI is InChI=1S/C19H22N2O3/c1-3-4-12-23-15(2)17-10-11-18(20-13-17)21-19(22)24-14-16-8-6-5-7-9-16/h5-11,13H,2-4,12,14H2,1H3,(H,20,21,22). The molecule has 1 heterocycles. The van der Waals surface area contributed by atoms with Crippen molar-refractivity contribution in [2.24, 2.45) is 0 Å². The van der Waals surface area contributed by atoms with Crippen molar-refractivity contribution >= 4 is 17.7 Å². The van der Waals surface area contributed by atoms with Crippen molar-refractivity contribution in [3.05, 3.63) is 66.4 Å². The molecule has 0 aliphatic heterocycles. The Labute approximate surface area is 142 Å². The Hall–Kier alpha value is -2.82. The summed E-state index contributed by atoms with van der Waals surface area (Å²) in [7, 11) is 0. The number of benzene rings is 1. The van der Waals surface area contributed by atoms with Gasteiger partial charge in [-0.25, -0.2) is 9.78 Å². The second-order valence-corrected chi connectivity index (χ2v) is 5.24. The van der Waals surface area contributed by atoms with Gasteiger partial charge < -0.3 is 9.47 Å². The van der Waals surface area contributed by atoms with Crippen LogP contribution in [0.15, 0.2) is 55.2 Å². The van der Waals surface area contributed by atoms with Crippen LogP contribution in [0.4, 0.5) is 10.6 Å². The first-order valence-electron chi connectivity index (χ1n) is 7.95. The molecule has 1 aromatic heterocycles. The second-order valence-electron chi connectivity index (χ2n) is 5.24. The minimum Gasteiger partial charge on any atom is -0.494 e. The Kier molecular flexibility index (Phi) is 6.83. The largest absolute Gasteiger partial charge is 0.494 e. The summed E-state index contributed by atoms with van der Waals surface area (Å²) in [5.74, 6) is 0.993. The molecule has 0 saturated carbocycles. The van der Waals surface area contributed by atoms with Crippen LogP contribution in [-0.2, 0) is 16.1 Å². The van der Waals surface area contributed by atoms with Crippen LogP contribution in [-0.4, -0.2) is 17.7 Å². The lowest BCUT2D eigenvalue weighted by atomic mass is 10.2. The monoisotopic (exact) mass is 326 g/mol. The Morgan fingerprint density at radius 3 is 2.62 bits per heavy atom. The van der Waals surface area contributed by atoms with E-state index >= 15 is 0 Å². The number of unbranched alkanes of at least 4 members (excludes halogenated alkanes) is 1. The van der Waals surface area contributed by atoms with E-state index in [0.717, 1.165) is 24.0 Å². The molecule has 24 heavy (non-hydrogen) atoms. The molecule has 2 rings (SSSR count). The van der Waals surface area contributed by atoms with Crippen LogP contribution < -0.4 is 5.32 Å². The molecule has 1 amide bonds. The number of anilines is 1. The molecular weight excluding hydrogens is 304 g/mol. The zero-order valence-electron chi connectivity index (χ0n) is 13.8. The lowest BCUT2D eigenvalue weighted by Gasteiger charge is -2.10. The van der Waals surface area contributed by atoms with E-state index in [0.29, 0.717) is 18.2 Å². The Bertz CT molecular complexity index is 654. The van der Waals surface area contributed by atoms with Gasteiger partial charge in [-0.1, -0.05) is 50.3 Å². The number of ether oxygens (including phenoxy) is 2. The molecule has 0 bridgehead atoms. The highest BCUT2D eigenvalue weighted by molar-refractivity contribution is 5.83. The van der Waals surface area contributed by atoms with Crippen LogP contribution in [0, 0.1) is 0 Å². The molecule has 0 radical (unpaired) electrons. The summed E-state index contributed by atoms with van der Waals surface area (Å²) >= 11 is 0. The van der Waals surface area contributed by atoms with Crippen LogP contribution in [0.1, 0.15) is 30.9 Å². The summed E-state index contributed by atoms with van der Waals surface area (Å²) < 4.78 is 10.7. The average Bonchev–Trinajstić information content (AvgIpc) is 2.61. The quantitative estimate of drug-likeness (QED) is 0.568. The summed E-state index contributed by atoms with van der Waals surface area (Å²) in [6, 6.07) is 13.0. The fourth-order valence-electron chi connectivity index (χ4n) is 1.92. The predicted octanol–water partition coefficient (Wildman–Crippen LogP) is 4.62. The molecule has 1 aromatic carbocycles. The van der Waals surface area contributed by atoms with Gasteiger partial charge in [0, 0.05) is 11.8 Å². The summed E-state index contributed by atoms with van der Waals surface area (Å²) in [5.41, 5.74) is 1.71. The molecule has 0 aliphatic rings. The Balaban J connectivity index is 1.80. The Morgan fingerprint density at radius 2 is 1.96 bits per heavy atom. The lowest BCUT2D eigenvalue weighted by molar-refractivity contribution is 0.155. The number of carbonyl (C=O) groups excluding carboxylic acids is 1. The van der Waals surface area contributed by atoms with Crippen LogP contribution >= 0.6 is 0 Å². The minimum absolute atomic E-state index is 0.215. The topological polar surface area (TPSA) is 60.5 Å². The van der Waals surface area contributed by atoms with E-state index in [1.54, 1.807) is 18.3 Å². The third-order valence-corrected chi connectivity index (χ3v) is 3.30. The number of rotatable bonds is 8. The van der Waals surface area contributed by atoms with Crippen molar-refractivity contribution < 1.29 is 14.3 Å². The highest BCUT2D eigenvalue weighted by atomic mass is 16.5. The fraction of sp³-hybridized carbons (Fsp3) is 0.263. The van der Waals surface area contributed by atoms with E-state index in [9.17, 15) is 4.79 Å².